The molecule has 1 saturated heterocycles. The molecule has 1 aliphatic rings. The minimum atomic E-state index is 0.0394. The van der Waals surface area contributed by atoms with Crippen LogP contribution >= 0.6 is 0 Å². The van der Waals surface area contributed by atoms with Crippen LogP contribution in [0.5, 0.6) is 0 Å². The zero-order valence-corrected chi connectivity index (χ0v) is 13.2. The van der Waals surface area contributed by atoms with Crippen LogP contribution in [0.25, 0.3) is 0 Å². The first-order valence-electron chi connectivity index (χ1n) is 7.80. The van der Waals surface area contributed by atoms with E-state index in [-0.39, 0.29) is 5.91 Å². The zero-order valence-electron chi connectivity index (χ0n) is 13.2. The van der Waals surface area contributed by atoms with Gasteiger partial charge in [-0.3, -0.25) is 9.69 Å². The fraction of sp³-hybridized carbons (Fsp3) is 0.588. The number of nitrogens with one attached hydrogen (secondary N) is 1. The van der Waals surface area contributed by atoms with Crippen molar-refractivity contribution in [1.82, 2.24) is 10.2 Å². The number of hydrogen-bond donors (Lipinski definition) is 2. The molecule has 1 heterocycles. The van der Waals surface area contributed by atoms with E-state index in [2.05, 4.69) is 40.5 Å². The fourth-order valence-corrected chi connectivity index (χ4v) is 2.56. The molecule has 1 aliphatic heterocycles. The molecule has 4 nitrogen and oxygen atoms in total. The Bertz CT molecular complexity index is 395. The number of carbonyl (C=O) groups is 1. The average molecular weight is 292 g/mol. The Morgan fingerprint density at radius 2 is 2.10 bits per heavy atom. The van der Waals surface area contributed by atoms with Gasteiger partial charge in [-0.2, -0.15) is 0 Å². The number of rotatable bonds is 5. The molecule has 0 bridgehead atoms. The molecule has 21 heavy (non-hydrogen) atoms. The second-order valence-electron chi connectivity index (χ2n) is 5.34. The summed E-state index contributed by atoms with van der Waals surface area (Å²) >= 11 is 0. The van der Waals surface area contributed by atoms with Crippen molar-refractivity contribution in [2.45, 2.75) is 39.2 Å². The van der Waals surface area contributed by atoms with Crippen LogP contribution in [0.1, 0.15) is 32.3 Å². The lowest BCUT2D eigenvalue weighted by Crippen LogP contribution is -2.33. The predicted octanol–water partition coefficient (Wildman–Crippen LogP) is 1.83. The Morgan fingerprint density at radius 3 is 2.62 bits per heavy atom. The third kappa shape index (κ3) is 7.25. The van der Waals surface area contributed by atoms with E-state index < -0.39 is 0 Å². The summed E-state index contributed by atoms with van der Waals surface area (Å²) in [6.07, 6.45) is 3.49. The molecule has 1 fully saturated rings. The molecule has 2 N–H and O–H groups in total. The molecule has 4 heteroatoms. The van der Waals surface area contributed by atoms with Crippen LogP contribution < -0.4 is 5.32 Å². The van der Waals surface area contributed by atoms with Gasteiger partial charge in [0.25, 0.3) is 0 Å². The highest BCUT2D eigenvalue weighted by atomic mass is 16.3. The first-order valence-corrected chi connectivity index (χ1v) is 7.80. The Balaban J connectivity index is 0.000000315. The largest absolute Gasteiger partial charge is 0.395 e. The summed E-state index contributed by atoms with van der Waals surface area (Å²) in [6.45, 7) is 6.67. The maximum Gasteiger partial charge on any atom is 0.216 e. The van der Waals surface area contributed by atoms with E-state index in [4.69, 9.17) is 0 Å². The Kier molecular flexibility index (Phi) is 8.71. The van der Waals surface area contributed by atoms with E-state index in [9.17, 15) is 9.90 Å². The van der Waals surface area contributed by atoms with Crippen molar-refractivity contribution in [2.24, 2.45) is 0 Å². The second kappa shape index (κ2) is 10.4. The van der Waals surface area contributed by atoms with Crippen molar-refractivity contribution in [3.05, 3.63) is 35.9 Å². The second-order valence-corrected chi connectivity index (χ2v) is 5.34. The summed E-state index contributed by atoms with van der Waals surface area (Å²) in [5.74, 6) is 0.0394. The van der Waals surface area contributed by atoms with Crippen LogP contribution in [0.15, 0.2) is 30.3 Å². The molecule has 2 rings (SSSR count). The number of likely N-dealkylation sites (tertiary alicyclic amines) is 1. The van der Waals surface area contributed by atoms with Gasteiger partial charge in [0.1, 0.15) is 0 Å². The Labute approximate surface area is 128 Å². The first kappa shape index (κ1) is 17.7. The van der Waals surface area contributed by atoms with Crippen molar-refractivity contribution >= 4 is 5.91 Å². The topological polar surface area (TPSA) is 52.6 Å². The lowest BCUT2D eigenvalue weighted by Gasteiger charge is -2.22. The molecule has 0 aromatic heterocycles. The Hall–Kier alpha value is -1.39. The van der Waals surface area contributed by atoms with E-state index in [1.165, 1.54) is 18.9 Å². The minimum Gasteiger partial charge on any atom is -0.395 e. The lowest BCUT2D eigenvalue weighted by atomic mass is 10.1. The van der Waals surface area contributed by atoms with Crippen LogP contribution in [0, 0.1) is 0 Å². The number of hydrogen-bond acceptors (Lipinski definition) is 3. The normalized spacial score (nSPS) is 18.0. The SMILES string of the molecule is CCNC(C)=O.OCC1CCCN1CCc1ccccc1. The molecule has 0 aliphatic carbocycles. The standard InChI is InChI=1S/C13H19NO.C4H9NO/c15-11-13-7-4-9-14(13)10-8-12-5-2-1-3-6-12;1-3-5-4(2)6/h1-3,5-6,13,15H,4,7-11H2;3H2,1-2H3,(H,5,6). The highest BCUT2D eigenvalue weighted by molar-refractivity contribution is 5.72. The number of aliphatic hydroxyl groups excluding tert-OH is 1. The van der Waals surface area contributed by atoms with Crippen LogP contribution in [0.3, 0.4) is 0 Å². The van der Waals surface area contributed by atoms with Gasteiger partial charge < -0.3 is 10.4 Å². The van der Waals surface area contributed by atoms with Gasteiger partial charge in [-0.15, -0.1) is 0 Å². The molecule has 1 aromatic carbocycles. The van der Waals surface area contributed by atoms with Gasteiger partial charge >= 0.3 is 0 Å². The molecule has 1 unspecified atom stereocenters. The van der Waals surface area contributed by atoms with Crippen molar-refractivity contribution in [3.63, 3.8) is 0 Å². The summed E-state index contributed by atoms with van der Waals surface area (Å²) in [5.41, 5.74) is 1.39. The molecule has 118 valence electrons. The van der Waals surface area contributed by atoms with E-state index in [0.29, 0.717) is 12.6 Å². The summed E-state index contributed by atoms with van der Waals surface area (Å²) in [7, 11) is 0. The molecule has 1 aromatic rings. The number of nitrogens with zero attached hydrogens (tertiary/aromatic N) is 1. The van der Waals surface area contributed by atoms with Crippen LogP contribution in [0.2, 0.25) is 0 Å². The maximum atomic E-state index is 9.93. The maximum absolute atomic E-state index is 9.93. The van der Waals surface area contributed by atoms with Crippen molar-refractivity contribution < 1.29 is 9.90 Å². The fourth-order valence-electron chi connectivity index (χ4n) is 2.56. The number of aliphatic hydroxyl groups is 1. The van der Waals surface area contributed by atoms with Gasteiger partial charge in [0.2, 0.25) is 5.91 Å². The summed E-state index contributed by atoms with van der Waals surface area (Å²) in [4.78, 5) is 12.3. The van der Waals surface area contributed by atoms with E-state index in [0.717, 1.165) is 32.5 Å². The summed E-state index contributed by atoms with van der Waals surface area (Å²) < 4.78 is 0. The first-order chi connectivity index (χ1) is 10.2. The van der Waals surface area contributed by atoms with Crippen LogP contribution in [-0.2, 0) is 11.2 Å². The summed E-state index contributed by atoms with van der Waals surface area (Å²) in [6, 6.07) is 11.0. The average Bonchev–Trinajstić information content (AvgIpc) is 2.94. The third-order valence-electron chi connectivity index (χ3n) is 3.67. The highest BCUT2D eigenvalue weighted by Gasteiger charge is 2.22. The number of benzene rings is 1. The lowest BCUT2D eigenvalue weighted by molar-refractivity contribution is -0.118. The summed E-state index contributed by atoms with van der Waals surface area (Å²) in [5, 5.41) is 11.8. The van der Waals surface area contributed by atoms with E-state index in [1.54, 1.807) is 0 Å². The van der Waals surface area contributed by atoms with Gasteiger partial charge in [-0.25, -0.2) is 0 Å². The Morgan fingerprint density at radius 1 is 1.38 bits per heavy atom. The molecule has 0 radical (unpaired) electrons. The van der Waals surface area contributed by atoms with E-state index >= 15 is 0 Å². The van der Waals surface area contributed by atoms with Crippen molar-refractivity contribution in [3.8, 4) is 0 Å². The minimum absolute atomic E-state index is 0.0394. The van der Waals surface area contributed by atoms with Gasteiger partial charge in [0.15, 0.2) is 0 Å². The number of amides is 1. The van der Waals surface area contributed by atoms with Crippen molar-refractivity contribution in [1.29, 1.82) is 0 Å². The third-order valence-corrected chi connectivity index (χ3v) is 3.67. The quantitative estimate of drug-likeness (QED) is 0.870. The van der Waals surface area contributed by atoms with Gasteiger partial charge in [-0.1, -0.05) is 30.3 Å². The van der Waals surface area contributed by atoms with Crippen molar-refractivity contribution in [2.75, 3.05) is 26.2 Å². The van der Waals surface area contributed by atoms with Gasteiger partial charge in [-0.05, 0) is 38.3 Å². The highest BCUT2D eigenvalue weighted by Crippen LogP contribution is 2.16. The van der Waals surface area contributed by atoms with Crippen LogP contribution in [-0.4, -0.2) is 48.2 Å². The van der Waals surface area contributed by atoms with Gasteiger partial charge in [0.05, 0.1) is 6.61 Å². The van der Waals surface area contributed by atoms with Crippen LogP contribution in [0.4, 0.5) is 0 Å². The molecular formula is C17H28N2O2. The van der Waals surface area contributed by atoms with E-state index in [1.807, 2.05) is 6.92 Å². The molecular weight excluding hydrogens is 264 g/mol. The number of carbonyl (C=O) groups excluding carboxylic acids is 1. The molecule has 1 amide bonds. The predicted molar refractivity (Wildman–Crippen MR) is 86.2 cm³/mol. The monoisotopic (exact) mass is 292 g/mol. The molecule has 0 spiro atoms. The smallest absolute Gasteiger partial charge is 0.216 e. The zero-order chi connectivity index (χ0) is 15.5. The van der Waals surface area contributed by atoms with Gasteiger partial charge in [0, 0.05) is 26.1 Å². The molecule has 1 atom stereocenters. The molecule has 0 saturated carbocycles.